The lowest BCUT2D eigenvalue weighted by molar-refractivity contribution is -0.0173. The van der Waals surface area contributed by atoms with Crippen molar-refractivity contribution in [1.29, 1.82) is 0 Å². The maximum absolute atomic E-state index is 13.1. The molecule has 1 N–H and O–H groups in total. The second-order valence-corrected chi connectivity index (χ2v) is 10.2. The Kier molecular flexibility index (Phi) is 9.17. The predicted molar refractivity (Wildman–Crippen MR) is 139 cm³/mol. The standard InChI is InChI=1S/C31H39FO3/c1-2-3-4-5-9-12-29-28(18-15-26(33)22-34-27-16-13-25(32)14-17-27)30-21-31(29,23-35-30)20-19-24-10-7-6-8-11-24/h5-11,13-18,26,28-30,33H,2-4,12,19-23H2,1H3/b9-5-,18-15+/t26-,28+,29+,30+,31+/m0/s1. The number of hydrogen-bond donors (Lipinski definition) is 1. The van der Waals surface area contributed by atoms with E-state index in [1.807, 2.05) is 6.08 Å². The first-order chi connectivity index (χ1) is 17.1. The minimum atomic E-state index is -0.722. The molecule has 1 aliphatic carbocycles. The molecule has 0 radical (unpaired) electrons. The second kappa shape index (κ2) is 12.5. The van der Waals surface area contributed by atoms with Crippen LogP contribution in [0.4, 0.5) is 4.39 Å². The second-order valence-electron chi connectivity index (χ2n) is 10.2. The molecule has 0 amide bonds. The summed E-state index contributed by atoms with van der Waals surface area (Å²) >= 11 is 0. The number of ether oxygens (including phenoxy) is 2. The van der Waals surface area contributed by atoms with Crippen molar-refractivity contribution in [1.82, 2.24) is 0 Å². The number of unbranched alkanes of at least 4 members (excludes halogenated alkanes) is 2. The molecular weight excluding hydrogens is 439 g/mol. The number of halogens is 1. The van der Waals surface area contributed by atoms with Crippen molar-refractivity contribution >= 4 is 0 Å². The molecule has 4 heteroatoms. The van der Waals surface area contributed by atoms with E-state index in [1.165, 1.54) is 30.5 Å². The minimum Gasteiger partial charge on any atom is -0.491 e. The van der Waals surface area contributed by atoms with Gasteiger partial charge in [-0.2, -0.15) is 0 Å². The molecule has 2 aliphatic rings. The number of fused-ring (bicyclic) bond motifs is 2. The number of hydrogen-bond acceptors (Lipinski definition) is 3. The predicted octanol–water partition coefficient (Wildman–Crippen LogP) is 6.91. The number of rotatable bonds is 13. The van der Waals surface area contributed by atoms with Crippen LogP contribution in [0.15, 0.2) is 78.9 Å². The molecule has 1 saturated carbocycles. The van der Waals surface area contributed by atoms with Gasteiger partial charge in [0.1, 0.15) is 24.3 Å². The smallest absolute Gasteiger partial charge is 0.123 e. The van der Waals surface area contributed by atoms with Gasteiger partial charge in [-0.1, -0.05) is 74.4 Å². The number of aliphatic hydroxyl groups excluding tert-OH is 1. The molecule has 1 saturated heterocycles. The van der Waals surface area contributed by atoms with Crippen molar-refractivity contribution in [2.45, 2.75) is 64.1 Å². The molecule has 0 aromatic heterocycles. The molecule has 1 heterocycles. The van der Waals surface area contributed by atoms with Crippen LogP contribution in [-0.4, -0.2) is 30.5 Å². The Morgan fingerprint density at radius 1 is 1.14 bits per heavy atom. The normalized spacial score (nSPS) is 26.7. The molecule has 4 rings (SSSR count). The third-order valence-electron chi connectivity index (χ3n) is 7.70. The largest absolute Gasteiger partial charge is 0.491 e. The van der Waals surface area contributed by atoms with E-state index in [2.05, 4.69) is 55.5 Å². The summed E-state index contributed by atoms with van der Waals surface area (Å²) in [6.45, 7) is 3.20. The van der Waals surface area contributed by atoms with Crippen LogP contribution in [-0.2, 0) is 11.2 Å². The molecule has 3 nitrogen and oxygen atoms in total. The zero-order valence-electron chi connectivity index (χ0n) is 20.8. The van der Waals surface area contributed by atoms with Gasteiger partial charge in [0.05, 0.1) is 12.7 Å². The van der Waals surface area contributed by atoms with Gasteiger partial charge in [-0.3, -0.25) is 0 Å². The van der Waals surface area contributed by atoms with E-state index in [0.717, 1.165) is 38.7 Å². The van der Waals surface area contributed by atoms with Gasteiger partial charge < -0.3 is 14.6 Å². The van der Waals surface area contributed by atoms with Gasteiger partial charge in [-0.05, 0) is 67.9 Å². The Balaban J connectivity index is 1.41. The van der Waals surface area contributed by atoms with Gasteiger partial charge in [0, 0.05) is 11.3 Å². The number of benzene rings is 2. The first kappa shape index (κ1) is 25.7. The monoisotopic (exact) mass is 478 g/mol. The van der Waals surface area contributed by atoms with Crippen molar-refractivity contribution in [2.75, 3.05) is 13.2 Å². The Hall–Kier alpha value is -2.43. The Labute approximate surface area is 209 Å². The fourth-order valence-electron chi connectivity index (χ4n) is 5.73. The van der Waals surface area contributed by atoms with Gasteiger partial charge in [-0.25, -0.2) is 4.39 Å². The lowest BCUT2D eigenvalue weighted by atomic mass is 9.70. The summed E-state index contributed by atoms with van der Waals surface area (Å²) in [6.07, 6.45) is 16.1. The van der Waals surface area contributed by atoms with Crippen LogP contribution in [0.25, 0.3) is 0 Å². The molecule has 188 valence electrons. The highest BCUT2D eigenvalue weighted by Gasteiger charge is 2.56. The van der Waals surface area contributed by atoms with E-state index < -0.39 is 6.10 Å². The van der Waals surface area contributed by atoms with Crippen molar-refractivity contribution in [3.8, 4) is 5.75 Å². The van der Waals surface area contributed by atoms with Gasteiger partial charge in [0.25, 0.3) is 0 Å². The van der Waals surface area contributed by atoms with Crippen LogP contribution in [0, 0.1) is 23.1 Å². The number of aliphatic hydroxyl groups is 1. The average Bonchev–Trinajstić information content (AvgIpc) is 3.43. The van der Waals surface area contributed by atoms with E-state index in [-0.39, 0.29) is 29.9 Å². The molecule has 2 fully saturated rings. The highest BCUT2D eigenvalue weighted by molar-refractivity contribution is 5.22. The van der Waals surface area contributed by atoms with Crippen LogP contribution in [0.2, 0.25) is 0 Å². The highest BCUT2D eigenvalue weighted by Crippen LogP contribution is 2.58. The van der Waals surface area contributed by atoms with Gasteiger partial charge in [-0.15, -0.1) is 0 Å². The topological polar surface area (TPSA) is 38.7 Å². The molecule has 2 bridgehead atoms. The number of allylic oxidation sites excluding steroid dienone is 2. The first-order valence-electron chi connectivity index (χ1n) is 13.1. The van der Waals surface area contributed by atoms with Crippen molar-refractivity contribution in [3.05, 3.63) is 90.3 Å². The van der Waals surface area contributed by atoms with E-state index in [0.29, 0.717) is 11.7 Å². The van der Waals surface area contributed by atoms with E-state index >= 15 is 0 Å². The molecule has 2 aromatic carbocycles. The van der Waals surface area contributed by atoms with Gasteiger partial charge >= 0.3 is 0 Å². The zero-order valence-corrected chi connectivity index (χ0v) is 20.8. The SMILES string of the molecule is CCCC/C=C\C[C@@H]1[C@@H](/C=C/[C@H](O)COc2ccc(F)cc2)[C@H]2C[C@]1(CCc1ccccc1)CO2. The molecule has 5 atom stereocenters. The minimum absolute atomic E-state index is 0.140. The molecule has 1 aliphatic heterocycles. The molecule has 0 unspecified atom stereocenters. The van der Waals surface area contributed by atoms with E-state index in [9.17, 15) is 9.50 Å². The van der Waals surface area contributed by atoms with Crippen molar-refractivity contribution < 1.29 is 19.0 Å². The maximum Gasteiger partial charge on any atom is 0.123 e. The van der Waals surface area contributed by atoms with Gasteiger partial charge in [0.2, 0.25) is 0 Å². The molecule has 0 spiro atoms. The lowest BCUT2D eigenvalue weighted by Gasteiger charge is -2.38. The van der Waals surface area contributed by atoms with Crippen LogP contribution in [0.5, 0.6) is 5.75 Å². The first-order valence-corrected chi connectivity index (χ1v) is 13.1. The average molecular weight is 479 g/mol. The van der Waals surface area contributed by atoms with Crippen LogP contribution >= 0.6 is 0 Å². The molecule has 35 heavy (non-hydrogen) atoms. The van der Waals surface area contributed by atoms with Crippen LogP contribution < -0.4 is 4.74 Å². The highest BCUT2D eigenvalue weighted by atomic mass is 19.1. The van der Waals surface area contributed by atoms with E-state index in [4.69, 9.17) is 9.47 Å². The zero-order chi connectivity index (χ0) is 24.5. The quantitative estimate of drug-likeness (QED) is 0.251. The summed E-state index contributed by atoms with van der Waals surface area (Å²) in [5.74, 6) is 1.04. The molecular formula is C31H39FO3. The Morgan fingerprint density at radius 2 is 1.94 bits per heavy atom. The summed E-state index contributed by atoms with van der Waals surface area (Å²) in [7, 11) is 0. The summed E-state index contributed by atoms with van der Waals surface area (Å²) in [5.41, 5.74) is 1.56. The number of aryl methyl sites for hydroxylation is 1. The van der Waals surface area contributed by atoms with Gasteiger partial charge in [0.15, 0.2) is 0 Å². The summed E-state index contributed by atoms with van der Waals surface area (Å²) in [6, 6.07) is 16.6. The van der Waals surface area contributed by atoms with Crippen molar-refractivity contribution in [2.24, 2.45) is 17.3 Å². The van der Waals surface area contributed by atoms with Crippen LogP contribution in [0.3, 0.4) is 0 Å². The Bertz CT molecular complexity index is 955. The summed E-state index contributed by atoms with van der Waals surface area (Å²) < 4.78 is 25.0. The van der Waals surface area contributed by atoms with Crippen LogP contribution in [0.1, 0.15) is 51.0 Å². The van der Waals surface area contributed by atoms with E-state index in [1.54, 1.807) is 12.1 Å². The third-order valence-corrected chi connectivity index (χ3v) is 7.70. The molecule has 2 aromatic rings. The fraction of sp³-hybridized carbons (Fsp3) is 0.484. The summed E-state index contributed by atoms with van der Waals surface area (Å²) in [5, 5.41) is 10.5. The Morgan fingerprint density at radius 3 is 2.71 bits per heavy atom. The third kappa shape index (κ3) is 6.83. The maximum atomic E-state index is 13.1. The lowest BCUT2D eigenvalue weighted by Crippen LogP contribution is -2.36. The summed E-state index contributed by atoms with van der Waals surface area (Å²) in [4.78, 5) is 0. The fourth-order valence-corrected chi connectivity index (χ4v) is 5.73. The van der Waals surface area contributed by atoms with Crippen molar-refractivity contribution in [3.63, 3.8) is 0 Å².